The minimum absolute atomic E-state index is 0.139. The van der Waals surface area contributed by atoms with Crippen molar-refractivity contribution in [3.63, 3.8) is 0 Å². The molecule has 1 amide bonds. The summed E-state index contributed by atoms with van der Waals surface area (Å²) in [6, 6.07) is 7.16. The maximum Gasteiger partial charge on any atom is 0.225 e. The van der Waals surface area contributed by atoms with Gasteiger partial charge in [-0.15, -0.1) is 0 Å². The molecule has 0 saturated heterocycles. The lowest BCUT2D eigenvalue weighted by molar-refractivity contribution is -0.116. The number of aromatic amines is 1. The highest BCUT2D eigenvalue weighted by Gasteiger charge is 2.14. The molecule has 0 bridgehead atoms. The van der Waals surface area contributed by atoms with Gasteiger partial charge in [-0.25, -0.2) is 0 Å². The van der Waals surface area contributed by atoms with Crippen LogP contribution in [0, 0.1) is 6.92 Å². The highest BCUT2D eigenvalue weighted by Crippen LogP contribution is 2.31. The molecule has 0 fully saturated rings. The van der Waals surface area contributed by atoms with Crippen molar-refractivity contribution in [2.75, 3.05) is 5.32 Å². The molecule has 3 aromatic rings. The van der Waals surface area contributed by atoms with Crippen molar-refractivity contribution in [2.45, 2.75) is 19.8 Å². The van der Waals surface area contributed by atoms with Gasteiger partial charge >= 0.3 is 0 Å². The fourth-order valence-corrected chi connectivity index (χ4v) is 3.16. The van der Waals surface area contributed by atoms with Gasteiger partial charge in [0, 0.05) is 29.9 Å². The number of nitrogens with zero attached hydrogens (tertiary/aromatic N) is 2. The summed E-state index contributed by atoms with van der Waals surface area (Å²) in [5, 5.41) is 11.1. The second-order valence-corrected chi connectivity index (χ2v) is 6.92. The third kappa shape index (κ3) is 4.18. The maximum atomic E-state index is 12.3. The van der Waals surface area contributed by atoms with Crippen molar-refractivity contribution >= 4 is 46.5 Å². The fraction of sp³-hybridized carbons (Fsp3) is 0.167. The lowest BCUT2D eigenvalue weighted by Crippen LogP contribution is -2.13. The van der Waals surface area contributed by atoms with Gasteiger partial charge in [0.2, 0.25) is 5.91 Å². The molecular formula is C18H15Cl3N4O. The van der Waals surface area contributed by atoms with Gasteiger partial charge < -0.3 is 5.32 Å². The molecule has 2 aromatic heterocycles. The van der Waals surface area contributed by atoms with Crippen LogP contribution in [0.2, 0.25) is 15.1 Å². The van der Waals surface area contributed by atoms with Gasteiger partial charge in [0.05, 0.1) is 20.8 Å². The zero-order valence-corrected chi connectivity index (χ0v) is 16.1. The van der Waals surface area contributed by atoms with Crippen molar-refractivity contribution in [2.24, 2.45) is 0 Å². The molecule has 2 heterocycles. The number of anilines is 1. The first-order valence-corrected chi connectivity index (χ1v) is 8.97. The molecule has 3 rings (SSSR count). The minimum atomic E-state index is -0.139. The minimum Gasteiger partial charge on any atom is -0.311 e. The molecule has 0 radical (unpaired) electrons. The van der Waals surface area contributed by atoms with E-state index in [1.807, 2.05) is 19.1 Å². The number of pyridine rings is 1. The Bertz CT molecular complexity index is 918. The van der Waals surface area contributed by atoms with Crippen LogP contribution in [0.3, 0.4) is 0 Å². The molecule has 134 valence electrons. The van der Waals surface area contributed by atoms with Gasteiger partial charge in [-0.3, -0.25) is 14.9 Å². The van der Waals surface area contributed by atoms with E-state index in [1.54, 1.807) is 24.5 Å². The largest absolute Gasteiger partial charge is 0.311 e. The first-order valence-electron chi connectivity index (χ1n) is 7.84. The number of benzene rings is 1. The summed E-state index contributed by atoms with van der Waals surface area (Å²) in [7, 11) is 0. The average Bonchev–Trinajstić information content (AvgIpc) is 2.99. The first-order chi connectivity index (χ1) is 12.5. The molecule has 0 aliphatic rings. The number of rotatable bonds is 5. The number of carbonyl (C=O) groups is 1. The number of aromatic nitrogens is 3. The number of hydrogen-bond acceptors (Lipinski definition) is 3. The Labute approximate surface area is 165 Å². The molecule has 0 aliphatic heterocycles. The van der Waals surface area contributed by atoms with Crippen molar-refractivity contribution in [3.8, 4) is 11.3 Å². The number of hydrogen-bond donors (Lipinski definition) is 2. The first kappa shape index (κ1) is 18.7. The maximum absolute atomic E-state index is 12.3. The van der Waals surface area contributed by atoms with Crippen LogP contribution in [0.5, 0.6) is 0 Å². The lowest BCUT2D eigenvalue weighted by Gasteiger charge is -2.07. The molecule has 0 atom stereocenters. The summed E-state index contributed by atoms with van der Waals surface area (Å²) >= 11 is 18.0. The monoisotopic (exact) mass is 408 g/mol. The van der Waals surface area contributed by atoms with Crippen molar-refractivity contribution < 1.29 is 4.79 Å². The van der Waals surface area contributed by atoms with Gasteiger partial charge in [0.25, 0.3) is 0 Å². The molecule has 0 saturated carbocycles. The second-order valence-electron chi connectivity index (χ2n) is 5.73. The fourth-order valence-electron chi connectivity index (χ4n) is 2.52. The Kier molecular flexibility index (Phi) is 5.81. The summed E-state index contributed by atoms with van der Waals surface area (Å²) in [5.41, 5.74) is 3.42. The summed E-state index contributed by atoms with van der Waals surface area (Å²) in [4.78, 5) is 16.3. The summed E-state index contributed by atoms with van der Waals surface area (Å²) in [6.45, 7) is 1.90. The predicted molar refractivity (Wildman–Crippen MR) is 105 cm³/mol. The SMILES string of the molecule is Cc1c(-c2ccncc2)n[nH]c1NC(=O)CCc1cc(Cl)c(Cl)c(Cl)c1. The standard InChI is InChI=1S/C18H15Cl3N4O/c1-10-17(12-4-6-22-7-5-12)24-25-18(10)23-15(26)3-2-11-8-13(19)16(21)14(20)9-11/h4-9H,2-3H2,1H3,(H2,23,24,25,26). The van der Waals surface area contributed by atoms with E-state index in [1.165, 1.54) is 0 Å². The number of halogens is 3. The molecule has 5 nitrogen and oxygen atoms in total. The molecule has 26 heavy (non-hydrogen) atoms. The van der Waals surface area contributed by atoms with Crippen LogP contribution in [0.25, 0.3) is 11.3 Å². The highest BCUT2D eigenvalue weighted by atomic mass is 35.5. The Hall–Kier alpha value is -2.08. The molecule has 8 heteroatoms. The molecule has 0 spiro atoms. The van der Waals surface area contributed by atoms with Gasteiger partial charge in [0.15, 0.2) is 0 Å². The van der Waals surface area contributed by atoms with Crippen LogP contribution in [0.15, 0.2) is 36.7 Å². The second kappa shape index (κ2) is 8.08. The zero-order chi connectivity index (χ0) is 18.7. The van der Waals surface area contributed by atoms with E-state index in [0.717, 1.165) is 22.4 Å². The van der Waals surface area contributed by atoms with Crippen molar-refractivity contribution in [1.29, 1.82) is 0 Å². The lowest BCUT2D eigenvalue weighted by atomic mass is 10.1. The molecule has 0 aliphatic carbocycles. The normalized spacial score (nSPS) is 10.8. The molecule has 0 unspecified atom stereocenters. The van der Waals surface area contributed by atoms with E-state index in [9.17, 15) is 4.79 Å². The van der Waals surface area contributed by atoms with Crippen LogP contribution in [0.1, 0.15) is 17.5 Å². The third-order valence-corrected chi connectivity index (χ3v) is 5.11. The topological polar surface area (TPSA) is 70.7 Å². The Morgan fingerprint density at radius 1 is 1.15 bits per heavy atom. The van der Waals surface area contributed by atoms with E-state index in [4.69, 9.17) is 34.8 Å². The van der Waals surface area contributed by atoms with Crippen molar-refractivity contribution in [3.05, 3.63) is 62.9 Å². The number of H-pyrrole nitrogens is 1. The number of nitrogens with one attached hydrogen (secondary N) is 2. The quantitative estimate of drug-likeness (QED) is 0.561. The Morgan fingerprint density at radius 3 is 2.46 bits per heavy atom. The summed E-state index contributed by atoms with van der Waals surface area (Å²) in [5.74, 6) is 0.439. The van der Waals surface area contributed by atoms with Gasteiger partial charge in [-0.05, 0) is 43.2 Å². The molecule has 1 aromatic carbocycles. The predicted octanol–water partition coefficient (Wildman–Crippen LogP) is 5.31. The average molecular weight is 410 g/mol. The van der Waals surface area contributed by atoms with Gasteiger partial charge in [-0.2, -0.15) is 5.10 Å². The highest BCUT2D eigenvalue weighted by molar-refractivity contribution is 6.48. The number of carbonyl (C=O) groups excluding carboxylic acids is 1. The van der Waals surface area contributed by atoms with E-state index < -0.39 is 0 Å². The summed E-state index contributed by atoms with van der Waals surface area (Å²) < 4.78 is 0. The Balaban J connectivity index is 1.65. The van der Waals surface area contributed by atoms with Crippen LogP contribution >= 0.6 is 34.8 Å². The Morgan fingerprint density at radius 2 is 1.81 bits per heavy atom. The van der Waals surface area contributed by atoms with Gasteiger partial charge in [0.1, 0.15) is 5.82 Å². The van der Waals surface area contributed by atoms with Crippen LogP contribution in [-0.4, -0.2) is 21.1 Å². The van der Waals surface area contributed by atoms with E-state index >= 15 is 0 Å². The smallest absolute Gasteiger partial charge is 0.225 e. The van der Waals surface area contributed by atoms with Gasteiger partial charge in [-0.1, -0.05) is 34.8 Å². The van der Waals surface area contributed by atoms with Crippen LogP contribution in [0.4, 0.5) is 5.82 Å². The van der Waals surface area contributed by atoms with Crippen molar-refractivity contribution in [1.82, 2.24) is 15.2 Å². The van der Waals surface area contributed by atoms with Crippen LogP contribution in [-0.2, 0) is 11.2 Å². The molecular weight excluding hydrogens is 395 g/mol. The van der Waals surface area contributed by atoms with E-state index in [2.05, 4.69) is 20.5 Å². The third-order valence-electron chi connectivity index (χ3n) is 3.91. The molecule has 2 N–H and O–H groups in total. The van der Waals surface area contributed by atoms with E-state index in [0.29, 0.717) is 27.3 Å². The summed E-state index contributed by atoms with van der Waals surface area (Å²) in [6.07, 6.45) is 4.17. The number of aryl methyl sites for hydroxylation is 1. The van der Waals surface area contributed by atoms with Crippen LogP contribution < -0.4 is 5.32 Å². The number of amides is 1. The van der Waals surface area contributed by atoms with E-state index in [-0.39, 0.29) is 12.3 Å². The zero-order valence-electron chi connectivity index (χ0n) is 13.8.